The van der Waals surface area contributed by atoms with Crippen LogP contribution in [0.2, 0.25) is 0 Å². The molecule has 28 heavy (non-hydrogen) atoms. The van der Waals surface area contributed by atoms with Gasteiger partial charge in [-0.15, -0.1) is 0 Å². The number of H-pyrrole nitrogens is 1. The maximum absolute atomic E-state index is 12.4. The highest BCUT2D eigenvalue weighted by atomic mass is 32.2. The molecule has 0 saturated carbocycles. The van der Waals surface area contributed by atoms with E-state index in [0.29, 0.717) is 22.7 Å². The van der Waals surface area contributed by atoms with Gasteiger partial charge in [0.15, 0.2) is 10.8 Å². The number of amides is 1. The molecule has 0 bridgehead atoms. The summed E-state index contributed by atoms with van der Waals surface area (Å²) in [5.74, 6) is -0.111. The number of rotatable bonds is 6. The van der Waals surface area contributed by atoms with Crippen molar-refractivity contribution in [3.05, 3.63) is 46.9 Å². The van der Waals surface area contributed by atoms with Crippen molar-refractivity contribution in [3.8, 4) is 5.69 Å². The summed E-state index contributed by atoms with van der Waals surface area (Å²) >= 11 is 1.21. The van der Waals surface area contributed by atoms with Gasteiger partial charge in [0.1, 0.15) is 5.39 Å². The van der Waals surface area contributed by atoms with Crippen molar-refractivity contribution < 1.29 is 9.53 Å². The Morgan fingerprint density at radius 3 is 3.00 bits per heavy atom. The second kappa shape index (κ2) is 8.15. The van der Waals surface area contributed by atoms with Gasteiger partial charge in [-0.05, 0) is 31.9 Å². The van der Waals surface area contributed by atoms with E-state index >= 15 is 0 Å². The Bertz CT molecular complexity index is 1030. The van der Waals surface area contributed by atoms with Crippen LogP contribution < -0.4 is 10.9 Å². The first-order valence-corrected chi connectivity index (χ1v) is 10.1. The first kappa shape index (κ1) is 18.7. The van der Waals surface area contributed by atoms with E-state index in [-0.39, 0.29) is 17.6 Å². The molecule has 1 aliphatic rings. The van der Waals surface area contributed by atoms with Crippen LogP contribution in [0.1, 0.15) is 19.8 Å². The summed E-state index contributed by atoms with van der Waals surface area (Å²) in [6, 6.07) is 9.48. The molecule has 3 heterocycles. The lowest BCUT2D eigenvalue weighted by molar-refractivity contribution is -0.120. The molecule has 1 amide bonds. The average Bonchev–Trinajstić information content (AvgIpc) is 3.36. The monoisotopic (exact) mass is 399 g/mol. The largest absolute Gasteiger partial charge is 0.376 e. The van der Waals surface area contributed by atoms with Crippen LogP contribution in [0.15, 0.2) is 46.5 Å². The predicted molar refractivity (Wildman–Crippen MR) is 107 cm³/mol. The smallest absolute Gasteiger partial charge is 0.262 e. The zero-order valence-corrected chi connectivity index (χ0v) is 16.2. The van der Waals surface area contributed by atoms with Gasteiger partial charge in [-0.1, -0.05) is 30.0 Å². The maximum Gasteiger partial charge on any atom is 0.262 e. The summed E-state index contributed by atoms with van der Waals surface area (Å²) in [7, 11) is 0. The summed E-state index contributed by atoms with van der Waals surface area (Å²) in [4.78, 5) is 32.1. The molecule has 1 aliphatic heterocycles. The minimum Gasteiger partial charge on any atom is -0.376 e. The van der Waals surface area contributed by atoms with Gasteiger partial charge in [-0.25, -0.2) is 9.67 Å². The SMILES string of the molecule is CC(Sc1nc2c(cnn2-c2ccccc2)c(=O)[nH]1)C(=O)NCC1CCCO1. The van der Waals surface area contributed by atoms with Crippen LogP contribution in [0.25, 0.3) is 16.7 Å². The number of nitrogens with zero attached hydrogens (tertiary/aromatic N) is 3. The van der Waals surface area contributed by atoms with E-state index in [9.17, 15) is 9.59 Å². The van der Waals surface area contributed by atoms with Crippen molar-refractivity contribution in [2.45, 2.75) is 36.3 Å². The van der Waals surface area contributed by atoms with Crippen LogP contribution in [-0.2, 0) is 9.53 Å². The van der Waals surface area contributed by atoms with Gasteiger partial charge >= 0.3 is 0 Å². The van der Waals surface area contributed by atoms with Crippen LogP contribution in [0.4, 0.5) is 0 Å². The number of aromatic amines is 1. The second-order valence-electron chi connectivity index (χ2n) is 6.64. The third-order valence-corrected chi connectivity index (χ3v) is 5.59. The molecule has 1 aromatic carbocycles. The van der Waals surface area contributed by atoms with Gasteiger partial charge in [0, 0.05) is 13.2 Å². The highest BCUT2D eigenvalue weighted by Gasteiger charge is 2.21. The molecule has 146 valence electrons. The van der Waals surface area contributed by atoms with E-state index < -0.39 is 5.25 Å². The lowest BCUT2D eigenvalue weighted by atomic mass is 10.2. The molecule has 2 atom stereocenters. The molecule has 1 saturated heterocycles. The average molecular weight is 399 g/mol. The number of benzene rings is 1. The first-order chi connectivity index (χ1) is 13.6. The number of fused-ring (bicyclic) bond motifs is 1. The number of para-hydroxylation sites is 1. The molecule has 9 heteroatoms. The van der Waals surface area contributed by atoms with Crippen LogP contribution in [-0.4, -0.2) is 50.2 Å². The number of hydrogen-bond donors (Lipinski definition) is 2. The van der Waals surface area contributed by atoms with Crippen LogP contribution in [0, 0.1) is 0 Å². The van der Waals surface area contributed by atoms with E-state index in [1.54, 1.807) is 11.6 Å². The van der Waals surface area contributed by atoms with Crippen molar-refractivity contribution in [1.29, 1.82) is 0 Å². The number of nitrogens with one attached hydrogen (secondary N) is 2. The molecule has 1 fully saturated rings. The third-order valence-electron chi connectivity index (χ3n) is 4.60. The second-order valence-corrected chi connectivity index (χ2v) is 7.97. The van der Waals surface area contributed by atoms with Crippen molar-refractivity contribution in [2.24, 2.45) is 0 Å². The molecule has 2 N–H and O–H groups in total. The van der Waals surface area contributed by atoms with Gasteiger partial charge in [-0.3, -0.25) is 9.59 Å². The van der Waals surface area contributed by atoms with Crippen molar-refractivity contribution in [2.75, 3.05) is 13.2 Å². The molecule has 8 nitrogen and oxygen atoms in total. The molecule has 0 radical (unpaired) electrons. The van der Waals surface area contributed by atoms with Crippen molar-refractivity contribution in [3.63, 3.8) is 0 Å². The number of thioether (sulfide) groups is 1. The molecule has 3 aromatic rings. The Balaban J connectivity index is 1.52. The van der Waals surface area contributed by atoms with Crippen molar-refractivity contribution >= 4 is 28.7 Å². The van der Waals surface area contributed by atoms with E-state index in [1.165, 1.54) is 18.0 Å². The Morgan fingerprint density at radius 1 is 1.43 bits per heavy atom. The number of ether oxygens (including phenoxy) is 1. The minimum absolute atomic E-state index is 0.0932. The van der Waals surface area contributed by atoms with E-state index in [1.807, 2.05) is 30.3 Å². The normalized spacial score (nSPS) is 17.7. The Hall–Kier alpha value is -2.65. The minimum atomic E-state index is -0.407. The number of carbonyl (C=O) groups excluding carboxylic acids is 1. The lowest BCUT2D eigenvalue weighted by Crippen LogP contribution is -2.36. The first-order valence-electron chi connectivity index (χ1n) is 9.21. The third kappa shape index (κ3) is 3.95. The molecule has 2 aromatic heterocycles. The number of aromatic nitrogens is 4. The van der Waals surface area contributed by atoms with Crippen LogP contribution in [0.3, 0.4) is 0 Å². The van der Waals surface area contributed by atoms with E-state index in [2.05, 4.69) is 20.4 Å². The Labute approximate surface area is 165 Å². The highest BCUT2D eigenvalue weighted by Crippen LogP contribution is 2.21. The predicted octanol–water partition coefficient (Wildman–Crippen LogP) is 1.88. The fourth-order valence-electron chi connectivity index (χ4n) is 3.10. The number of carbonyl (C=O) groups is 1. The molecule has 2 unspecified atom stereocenters. The Morgan fingerprint density at radius 2 is 2.25 bits per heavy atom. The van der Waals surface area contributed by atoms with Crippen molar-refractivity contribution in [1.82, 2.24) is 25.1 Å². The summed E-state index contributed by atoms with van der Waals surface area (Å²) in [6.45, 7) is 3.05. The molecule has 0 aliphatic carbocycles. The fourth-order valence-corrected chi connectivity index (χ4v) is 3.91. The van der Waals surface area contributed by atoms with Gasteiger partial charge < -0.3 is 15.0 Å². The summed E-state index contributed by atoms with van der Waals surface area (Å²) in [5, 5.41) is 7.58. The highest BCUT2D eigenvalue weighted by molar-refractivity contribution is 8.00. The zero-order valence-electron chi connectivity index (χ0n) is 15.4. The number of hydrogen-bond acceptors (Lipinski definition) is 6. The maximum atomic E-state index is 12.4. The summed E-state index contributed by atoms with van der Waals surface area (Å²) in [5.41, 5.74) is 1.000. The fraction of sp³-hybridized carbons (Fsp3) is 0.368. The lowest BCUT2D eigenvalue weighted by Gasteiger charge is -2.14. The zero-order chi connectivity index (χ0) is 19.5. The van der Waals surface area contributed by atoms with Crippen LogP contribution in [0.5, 0.6) is 0 Å². The topological polar surface area (TPSA) is 102 Å². The van der Waals surface area contributed by atoms with E-state index in [4.69, 9.17) is 4.74 Å². The van der Waals surface area contributed by atoms with Crippen LogP contribution >= 0.6 is 11.8 Å². The van der Waals surface area contributed by atoms with Gasteiger partial charge in [0.05, 0.1) is 23.2 Å². The quantitative estimate of drug-likeness (QED) is 0.485. The standard InChI is InChI=1S/C19H21N5O3S/c1-12(17(25)20-10-14-8-5-9-27-14)28-19-22-16-15(18(26)23-19)11-21-24(16)13-6-3-2-4-7-13/h2-4,6-7,11-12,14H,5,8-10H2,1H3,(H,20,25)(H,22,23,26). The molecule has 0 spiro atoms. The Kier molecular flexibility index (Phi) is 5.45. The van der Waals surface area contributed by atoms with Gasteiger partial charge in [-0.2, -0.15) is 5.10 Å². The van der Waals surface area contributed by atoms with Gasteiger partial charge in [0.2, 0.25) is 5.91 Å². The van der Waals surface area contributed by atoms with E-state index in [0.717, 1.165) is 25.1 Å². The summed E-state index contributed by atoms with van der Waals surface area (Å²) < 4.78 is 7.14. The molecular weight excluding hydrogens is 378 g/mol. The summed E-state index contributed by atoms with van der Waals surface area (Å²) in [6.07, 6.45) is 3.60. The van der Waals surface area contributed by atoms with Gasteiger partial charge in [0.25, 0.3) is 5.56 Å². The molecular formula is C19H21N5O3S. The molecule has 4 rings (SSSR count).